The van der Waals surface area contributed by atoms with Crippen molar-refractivity contribution in [1.82, 2.24) is 15.2 Å². The molecule has 0 aliphatic carbocycles. The number of nitrogens with one attached hydrogen (secondary N) is 1. The van der Waals surface area contributed by atoms with Crippen LogP contribution in [0.25, 0.3) is 4.91 Å². The van der Waals surface area contributed by atoms with E-state index in [-0.39, 0.29) is 16.7 Å². The molecule has 0 atom stereocenters. The van der Waals surface area contributed by atoms with E-state index < -0.39 is 10.0 Å². The molecule has 1 saturated heterocycles. The van der Waals surface area contributed by atoms with Gasteiger partial charge in [-0.25, -0.2) is 0 Å². The van der Waals surface area contributed by atoms with Crippen LogP contribution < -0.4 is 10.1 Å². The second-order valence-electron chi connectivity index (χ2n) is 7.87. The smallest absolute Gasteiger partial charge is 0.285 e. The van der Waals surface area contributed by atoms with Gasteiger partial charge in [0.15, 0.2) is 0 Å². The highest BCUT2D eigenvalue weighted by Crippen LogP contribution is 2.35. The van der Waals surface area contributed by atoms with E-state index >= 15 is 0 Å². The normalized spacial score (nSPS) is 18.4. The summed E-state index contributed by atoms with van der Waals surface area (Å²) >= 11 is 0. The summed E-state index contributed by atoms with van der Waals surface area (Å²) in [6.45, 7) is 3.33. The number of amides is 1. The van der Waals surface area contributed by atoms with Gasteiger partial charge in [-0.05, 0) is 61.7 Å². The number of rotatable bonds is 5. The van der Waals surface area contributed by atoms with Crippen LogP contribution in [0.4, 0.5) is 0 Å². The standard InChI is InChI=1S/C23H26N4O4S/c1-16-21(17-6-8-20(31-2)9-7-17)32(29,30)26-22(16)27-13-10-18(11-14-27)23(28)25-15-19-5-3-4-12-24-19/h3-9,12,18H,10-11,13-15H2,1-2H3,(H,25,28). The number of benzene rings is 1. The molecule has 1 aromatic heterocycles. The predicted molar refractivity (Wildman–Crippen MR) is 122 cm³/mol. The molecule has 9 heteroatoms. The molecule has 2 aliphatic heterocycles. The van der Waals surface area contributed by atoms with Crippen LogP contribution in [0.3, 0.4) is 0 Å². The van der Waals surface area contributed by atoms with Crippen LogP contribution in [-0.4, -0.2) is 50.2 Å². The molecule has 0 bridgehead atoms. The van der Waals surface area contributed by atoms with Gasteiger partial charge in [-0.2, -0.15) is 8.42 Å². The van der Waals surface area contributed by atoms with Crippen LogP contribution in [0.2, 0.25) is 0 Å². The summed E-state index contributed by atoms with van der Waals surface area (Å²) in [6, 6.07) is 12.5. The van der Waals surface area contributed by atoms with Crippen molar-refractivity contribution in [3.8, 4) is 5.75 Å². The largest absolute Gasteiger partial charge is 0.497 e. The fourth-order valence-electron chi connectivity index (χ4n) is 4.10. The van der Waals surface area contributed by atoms with Gasteiger partial charge in [-0.15, -0.1) is 4.40 Å². The maximum atomic E-state index is 12.8. The number of amidine groups is 1. The fourth-order valence-corrected chi connectivity index (χ4v) is 5.59. The first-order chi connectivity index (χ1) is 15.4. The zero-order valence-corrected chi connectivity index (χ0v) is 18.9. The minimum absolute atomic E-state index is 0.00229. The summed E-state index contributed by atoms with van der Waals surface area (Å²) in [6.07, 6.45) is 2.98. The average molecular weight is 455 g/mol. The molecule has 0 radical (unpaired) electrons. The van der Waals surface area contributed by atoms with Crippen LogP contribution in [0, 0.1) is 5.92 Å². The van der Waals surface area contributed by atoms with Gasteiger partial charge in [-0.3, -0.25) is 9.78 Å². The zero-order chi connectivity index (χ0) is 22.7. The quantitative estimate of drug-likeness (QED) is 0.745. The summed E-state index contributed by atoms with van der Waals surface area (Å²) in [5.74, 6) is 1.02. The molecule has 0 saturated carbocycles. The third kappa shape index (κ3) is 4.52. The minimum atomic E-state index is -3.78. The van der Waals surface area contributed by atoms with Crippen molar-refractivity contribution in [3.63, 3.8) is 0 Å². The predicted octanol–water partition coefficient (Wildman–Crippen LogP) is 2.59. The molecule has 1 fully saturated rings. The highest BCUT2D eigenvalue weighted by atomic mass is 32.2. The van der Waals surface area contributed by atoms with Gasteiger partial charge < -0.3 is 15.0 Å². The van der Waals surface area contributed by atoms with Gasteiger partial charge in [0.05, 0.1) is 19.3 Å². The number of ether oxygens (including phenoxy) is 1. The Morgan fingerprint density at radius 2 is 1.88 bits per heavy atom. The first-order valence-corrected chi connectivity index (χ1v) is 12.0. The van der Waals surface area contributed by atoms with Crippen LogP contribution in [0.1, 0.15) is 31.0 Å². The number of sulfonamides is 1. The third-order valence-corrected chi connectivity index (χ3v) is 7.30. The van der Waals surface area contributed by atoms with Gasteiger partial charge in [0.25, 0.3) is 10.0 Å². The first kappa shape index (κ1) is 22.0. The molecule has 2 aliphatic rings. The van der Waals surface area contributed by atoms with Gasteiger partial charge in [0.2, 0.25) is 5.91 Å². The molecule has 0 unspecified atom stereocenters. The van der Waals surface area contributed by atoms with Crippen molar-refractivity contribution in [1.29, 1.82) is 0 Å². The van der Waals surface area contributed by atoms with E-state index in [1.165, 1.54) is 0 Å². The Bertz CT molecular complexity index is 1150. The first-order valence-electron chi connectivity index (χ1n) is 10.5. The molecule has 1 aromatic carbocycles. The lowest BCUT2D eigenvalue weighted by Gasteiger charge is -2.32. The van der Waals surface area contributed by atoms with Crippen molar-refractivity contribution in [2.24, 2.45) is 10.3 Å². The SMILES string of the molecule is COc1ccc(C2=C(C)C(N3CCC(C(=O)NCc4ccccn4)CC3)=NS2(=O)=O)cc1. The lowest BCUT2D eigenvalue weighted by atomic mass is 9.95. The fraction of sp³-hybridized carbons (Fsp3) is 0.348. The number of aromatic nitrogens is 1. The van der Waals surface area contributed by atoms with E-state index in [1.807, 2.05) is 23.1 Å². The zero-order valence-electron chi connectivity index (χ0n) is 18.1. The van der Waals surface area contributed by atoms with Crippen molar-refractivity contribution < 1.29 is 17.9 Å². The lowest BCUT2D eigenvalue weighted by molar-refractivity contribution is -0.126. The van der Waals surface area contributed by atoms with Gasteiger partial charge in [0, 0.05) is 30.8 Å². The lowest BCUT2D eigenvalue weighted by Crippen LogP contribution is -2.43. The summed E-state index contributed by atoms with van der Waals surface area (Å²) in [5, 5.41) is 2.95. The summed E-state index contributed by atoms with van der Waals surface area (Å²) < 4.78 is 34.8. The Hall–Kier alpha value is -3.20. The third-order valence-electron chi connectivity index (χ3n) is 5.83. The monoisotopic (exact) mass is 454 g/mol. The Labute approximate surface area is 188 Å². The van der Waals surface area contributed by atoms with Crippen LogP contribution in [-0.2, 0) is 21.4 Å². The molecule has 4 rings (SSSR count). The van der Waals surface area contributed by atoms with Crippen LogP contribution >= 0.6 is 0 Å². The Balaban J connectivity index is 1.41. The number of carbonyl (C=O) groups is 1. The molecule has 3 heterocycles. The highest BCUT2D eigenvalue weighted by Gasteiger charge is 2.35. The van der Waals surface area contributed by atoms with E-state index in [2.05, 4.69) is 14.7 Å². The average Bonchev–Trinajstić information content (AvgIpc) is 3.06. The molecule has 0 spiro atoms. The summed E-state index contributed by atoms with van der Waals surface area (Å²) in [4.78, 5) is 19.0. The number of hydrogen-bond acceptors (Lipinski definition) is 6. The van der Waals surface area contributed by atoms with Gasteiger partial charge in [-0.1, -0.05) is 6.07 Å². The molecule has 8 nitrogen and oxygen atoms in total. The van der Waals surface area contributed by atoms with E-state index in [0.717, 1.165) is 5.69 Å². The van der Waals surface area contributed by atoms with Gasteiger partial charge in [0.1, 0.15) is 16.5 Å². The van der Waals surface area contributed by atoms with Crippen molar-refractivity contribution >= 4 is 26.7 Å². The van der Waals surface area contributed by atoms with Crippen LogP contribution in [0.15, 0.2) is 58.6 Å². The number of hydrogen-bond donors (Lipinski definition) is 1. The van der Waals surface area contributed by atoms with Crippen molar-refractivity contribution in [2.75, 3.05) is 20.2 Å². The summed E-state index contributed by atoms with van der Waals surface area (Å²) in [7, 11) is -2.21. The molecule has 1 amide bonds. The number of carbonyl (C=O) groups excluding carboxylic acids is 1. The molecule has 2 aromatic rings. The van der Waals surface area contributed by atoms with Crippen molar-refractivity contribution in [2.45, 2.75) is 26.3 Å². The highest BCUT2D eigenvalue weighted by molar-refractivity contribution is 8.00. The summed E-state index contributed by atoms with van der Waals surface area (Å²) in [5.41, 5.74) is 2.04. The van der Waals surface area contributed by atoms with E-state index in [9.17, 15) is 13.2 Å². The van der Waals surface area contributed by atoms with Crippen LogP contribution in [0.5, 0.6) is 5.75 Å². The number of methoxy groups -OCH3 is 1. The Kier molecular flexibility index (Phi) is 6.27. The van der Waals surface area contributed by atoms with E-state index in [0.29, 0.717) is 55.2 Å². The molecule has 32 heavy (non-hydrogen) atoms. The number of nitrogens with zero attached hydrogens (tertiary/aromatic N) is 3. The second kappa shape index (κ2) is 9.12. The molecule has 1 N–H and O–H groups in total. The number of pyridine rings is 1. The number of likely N-dealkylation sites (tertiary alicyclic amines) is 1. The van der Waals surface area contributed by atoms with E-state index in [1.54, 1.807) is 44.5 Å². The maximum absolute atomic E-state index is 12.8. The number of piperidine rings is 1. The second-order valence-corrected chi connectivity index (χ2v) is 9.41. The maximum Gasteiger partial charge on any atom is 0.285 e. The van der Waals surface area contributed by atoms with Crippen molar-refractivity contribution in [3.05, 3.63) is 65.5 Å². The molecule has 168 valence electrons. The molecular weight excluding hydrogens is 428 g/mol. The topological polar surface area (TPSA) is 101 Å². The molecular formula is C23H26N4O4S. The van der Waals surface area contributed by atoms with Gasteiger partial charge >= 0.3 is 0 Å². The van der Waals surface area contributed by atoms with E-state index in [4.69, 9.17) is 4.74 Å². The minimum Gasteiger partial charge on any atom is -0.497 e. The Morgan fingerprint density at radius 1 is 1.16 bits per heavy atom. The Morgan fingerprint density at radius 3 is 2.50 bits per heavy atom.